The van der Waals surface area contributed by atoms with Gasteiger partial charge in [0.1, 0.15) is 0 Å². The topological polar surface area (TPSA) is 36.9 Å². The fraction of sp³-hybridized carbons (Fsp3) is 0.867. The summed E-state index contributed by atoms with van der Waals surface area (Å²) in [6, 6.07) is 1.17. The van der Waals surface area contributed by atoms with Crippen LogP contribution < -0.4 is 4.90 Å². The number of nitrogens with zero attached hydrogens (tertiary/aromatic N) is 3. The monoisotopic (exact) mass is 294 g/mol. The molecule has 1 heterocycles. The predicted octanol–water partition coefficient (Wildman–Crippen LogP) is 4.07. The Morgan fingerprint density at radius 2 is 1.95 bits per heavy atom. The van der Waals surface area contributed by atoms with Gasteiger partial charge in [-0.3, -0.25) is 4.57 Å². The Kier molecular flexibility index (Phi) is 4.15. The van der Waals surface area contributed by atoms with Gasteiger partial charge in [0.15, 0.2) is 4.77 Å². The SMILES string of the molecule is CC1CCCC(N(C)c2n[nH]c(=S)n2C2CCCC2)C1. The van der Waals surface area contributed by atoms with Crippen LogP contribution >= 0.6 is 12.2 Å². The molecule has 4 nitrogen and oxygen atoms in total. The van der Waals surface area contributed by atoms with E-state index in [1.165, 1.54) is 51.4 Å². The van der Waals surface area contributed by atoms with E-state index < -0.39 is 0 Å². The van der Waals surface area contributed by atoms with E-state index in [1.807, 2.05) is 0 Å². The Morgan fingerprint density at radius 3 is 2.65 bits per heavy atom. The van der Waals surface area contributed by atoms with Gasteiger partial charge in [0.2, 0.25) is 5.95 Å². The van der Waals surface area contributed by atoms with Crippen LogP contribution in [0, 0.1) is 10.7 Å². The maximum Gasteiger partial charge on any atom is 0.225 e. The molecule has 0 radical (unpaired) electrons. The summed E-state index contributed by atoms with van der Waals surface area (Å²) in [5.41, 5.74) is 0. The molecule has 2 saturated carbocycles. The van der Waals surface area contributed by atoms with E-state index in [0.29, 0.717) is 12.1 Å². The molecule has 2 fully saturated rings. The van der Waals surface area contributed by atoms with E-state index in [0.717, 1.165) is 16.6 Å². The van der Waals surface area contributed by atoms with Gasteiger partial charge in [0.05, 0.1) is 0 Å². The zero-order valence-corrected chi connectivity index (χ0v) is 13.5. The first-order valence-electron chi connectivity index (χ1n) is 8.06. The van der Waals surface area contributed by atoms with E-state index in [9.17, 15) is 0 Å². The summed E-state index contributed by atoms with van der Waals surface area (Å²) in [6.07, 6.45) is 10.4. The lowest BCUT2D eigenvalue weighted by Crippen LogP contribution is -2.37. The molecule has 1 aromatic heterocycles. The molecular weight excluding hydrogens is 268 g/mol. The Morgan fingerprint density at radius 1 is 1.20 bits per heavy atom. The second kappa shape index (κ2) is 5.88. The van der Waals surface area contributed by atoms with E-state index >= 15 is 0 Å². The van der Waals surface area contributed by atoms with Crippen molar-refractivity contribution in [3.63, 3.8) is 0 Å². The first-order valence-corrected chi connectivity index (χ1v) is 8.47. The minimum Gasteiger partial charge on any atom is -0.341 e. The summed E-state index contributed by atoms with van der Waals surface area (Å²) < 4.78 is 3.07. The molecule has 2 atom stereocenters. The number of rotatable bonds is 3. The second-order valence-electron chi connectivity index (χ2n) is 6.67. The normalized spacial score (nSPS) is 27.9. The largest absolute Gasteiger partial charge is 0.341 e. The summed E-state index contributed by atoms with van der Waals surface area (Å²) in [4.78, 5) is 2.38. The molecule has 20 heavy (non-hydrogen) atoms. The van der Waals surface area contributed by atoms with Crippen molar-refractivity contribution in [2.24, 2.45) is 5.92 Å². The van der Waals surface area contributed by atoms with Crippen molar-refractivity contribution in [1.29, 1.82) is 0 Å². The van der Waals surface area contributed by atoms with Crippen molar-refractivity contribution in [1.82, 2.24) is 14.8 Å². The Balaban J connectivity index is 1.84. The number of nitrogens with one attached hydrogen (secondary N) is 1. The molecule has 1 aromatic rings. The van der Waals surface area contributed by atoms with Gasteiger partial charge in [0, 0.05) is 19.1 Å². The van der Waals surface area contributed by atoms with Crippen molar-refractivity contribution >= 4 is 18.2 Å². The van der Waals surface area contributed by atoms with Crippen LogP contribution in [0.2, 0.25) is 0 Å². The third kappa shape index (κ3) is 2.65. The molecule has 0 aliphatic heterocycles. The van der Waals surface area contributed by atoms with E-state index in [2.05, 4.69) is 33.6 Å². The van der Waals surface area contributed by atoms with Gasteiger partial charge in [-0.15, -0.1) is 5.10 Å². The fourth-order valence-corrected chi connectivity index (χ4v) is 4.23. The summed E-state index contributed by atoms with van der Waals surface area (Å²) in [6.45, 7) is 2.37. The zero-order chi connectivity index (χ0) is 14.1. The maximum absolute atomic E-state index is 5.47. The number of anilines is 1. The van der Waals surface area contributed by atoms with Crippen molar-refractivity contribution in [3.8, 4) is 0 Å². The van der Waals surface area contributed by atoms with Gasteiger partial charge < -0.3 is 4.90 Å². The number of aromatic nitrogens is 3. The molecule has 3 rings (SSSR count). The summed E-state index contributed by atoms with van der Waals surface area (Å²) in [7, 11) is 2.19. The first kappa shape index (κ1) is 14.1. The van der Waals surface area contributed by atoms with Gasteiger partial charge in [-0.05, 0) is 43.8 Å². The highest BCUT2D eigenvalue weighted by atomic mass is 32.1. The minimum absolute atomic E-state index is 0.555. The molecule has 112 valence electrons. The van der Waals surface area contributed by atoms with Gasteiger partial charge in [0.25, 0.3) is 0 Å². The molecule has 1 N–H and O–H groups in total. The molecule has 2 aliphatic carbocycles. The number of H-pyrrole nitrogens is 1. The average Bonchev–Trinajstić information content (AvgIpc) is 3.06. The van der Waals surface area contributed by atoms with Crippen LogP contribution in [0.5, 0.6) is 0 Å². The lowest BCUT2D eigenvalue weighted by atomic mass is 9.86. The fourth-order valence-electron chi connectivity index (χ4n) is 3.95. The number of hydrogen-bond acceptors (Lipinski definition) is 3. The maximum atomic E-state index is 5.47. The molecule has 0 aromatic carbocycles. The molecule has 5 heteroatoms. The zero-order valence-electron chi connectivity index (χ0n) is 12.6. The van der Waals surface area contributed by atoms with Crippen LogP contribution in [0.1, 0.15) is 64.3 Å². The van der Waals surface area contributed by atoms with Crippen molar-refractivity contribution in [2.75, 3.05) is 11.9 Å². The van der Waals surface area contributed by atoms with Crippen molar-refractivity contribution in [3.05, 3.63) is 4.77 Å². The van der Waals surface area contributed by atoms with E-state index in [1.54, 1.807) is 0 Å². The third-order valence-electron chi connectivity index (χ3n) is 5.15. The first-order chi connectivity index (χ1) is 9.66. The molecule has 0 bridgehead atoms. The lowest BCUT2D eigenvalue weighted by Gasteiger charge is -2.35. The quantitative estimate of drug-likeness (QED) is 0.854. The van der Waals surface area contributed by atoms with Crippen LogP contribution in [0.4, 0.5) is 5.95 Å². The Bertz CT molecular complexity index is 500. The van der Waals surface area contributed by atoms with Crippen LogP contribution in [-0.4, -0.2) is 27.9 Å². The van der Waals surface area contributed by atoms with Crippen LogP contribution in [0.25, 0.3) is 0 Å². The molecule has 2 aliphatic rings. The molecule has 2 unspecified atom stereocenters. The van der Waals surface area contributed by atoms with Crippen molar-refractivity contribution in [2.45, 2.75) is 70.4 Å². The van der Waals surface area contributed by atoms with Gasteiger partial charge in [-0.1, -0.05) is 32.6 Å². The summed E-state index contributed by atoms with van der Waals surface area (Å²) >= 11 is 5.47. The van der Waals surface area contributed by atoms with Crippen molar-refractivity contribution < 1.29 is 0 Å². The third-order valence-corrected chi connectivity index (χ3v) is 5.44. The van der Waals surface area contributed by atoms with E-state index in [-0.39, 0.29) is 0 Å². The minimum atomic E-state index is 0.555. The Labute approximate surface area is 126 Å². The molecular formula is C15H26N4S. The van der Waals surface area contributed by atoms with Crippen LogP contribution in [0.3, 0.4) is 0 Å². The average molecular weight is 294 g/mol. The Hall–Kier alpha value is -0.840. The van der Waals surface area contributed by atoms with Gasteiger partial charge in [-0.25, -0.2) is 5.10 Å². The smallest absolute Gasteiger partial charge is 0.225 e. The van der Waals surface area contributed by atoms with Gasteiger partial charge >= 0.3 is 0 Å². The van der Waals surface area contributed by atoms with Crippen LogP contribution in [0.15, 0.2) is 0 Å². The molecule has 0 spiro atoms. The van der Waals surface area contributed by atoms with E-state index in [4.69, 9.17) is 12.2 Å². The second-order valence-corrected chi connectivity index (χ2v) is 7.06. The standard InChI is InChI=1S/C15H26N4S/c1-11-6-5-9-13(10-11)18(2)14-16-17-15(20)19(14)12-7-3-4-8-12/h11-13H,3-10H2,1-2H3,(H,17,20). The molecule has 0 saturated heterocycles. The molecule has 0 amide bonds. The highest BCUT2D eigenvalue weighted by Gasteiger charge is 2.28. The number of aromatic amines is 1. The summed E-state index contributed by atoms with van der Waals surface area (Å²) in [5.74, 6) is 1.89. The summed E-state index contributed by atoms with van der Waals surface area (Å²) in [5, 5.41) is 7.55. The number of hydrogen-bond donors (Lipinski definition) is 1. The highest BCUT2D eigenvalue weighted by molar-refractivity contribution is 7.71. The van der Waals surface area contributed by atoms with Gasteiger partial charge in [-0.2, -0.15) is 0 Å². The van der Waals surface area contributed by atoms with Crippen LogP contribution in [-0.2, 0) is 0 Å². The predicted molar refractivity (Wildman–Crippen MR) is 84.7 cm³/mol. The highest BCUT2D eigenvalue weighted by Crippen LogP contribution is 2.34. The lowest BCUT2D eigenvalue weighted by molar-refractivity contribution is 0.331.